The van der Waals surface area contributed by atoms with Gasteiger partial charge in [0.25, 0.3) is 0 Å². The zero-order valence-corrected chi connectivity index (χ0v) is 10.3. The third kappa shape index (κ3) is 2.10. The number of rotatable bonds is 1. The fourth-order valence-electron chi connectivity index (χ4n) is 2.10. The van der Waals surface area contributed by atoms with E-state index in [-0.39, 0.29) is 5.90 Å². The number of nitriles is 3. The maximum atomic E-state index is 9.14. The zero-order chi connectivity index (χ0) is 14.0. The molecule has 0 saturated heterocycles. The van der Waals surface area contributed by atoms with Crippen LogP contribution in [0.25, 0.3) is 0 Å². The summed E-state index contributed by atoms with van der Waals surface area (Å²) < 4.78 is 5.24. The van der Waals surface area contributed by atoms with Crippen LogP contribution < -0.4 is 4.74 Å². The van der Waals surface area contributed by atoms with Gasteiger partial charge >= 0.3 is 0 Å². The van der Waals surface area contributed by atoms with Gasteiger partial charge in [0, 0.05) is 16.5 Å². The van der Waals surface area contributed by atoms with Crippen LogP contribution in [-0.4, -0.2) is 5.90 Å². The molecule has 1 aromatic carbocycles. The second-order valence-corrected chi connectivity index (χ2v) is 4.45. The molecule has 92 valence electrons. The average Bonchev–Trinajstić information content (AvgIpc) is 2.40. The summed E-state index contributed by atoms with van der Waals surface area (Å²) >= 11 is 5.90. The van der Waals surface area contributed by atoms with Crippen LogP contribution in [0.3, 0.4) is 0 Å². The van der Waals surface area contributed by atoms with Crippen molar-refractivity contribution in [3.05, 3.63) is 28.8 Å². The fourth-order valence-corrected chi connectivity index (χ4v) is 2.28. The highest BCUT2D eigenvalue weighted by Gasteiger charge is 2.41. The first kappa shape index (κ1) is 12.9. The van der Waals surface area contributed by atoms with Crippen LogP contribution in [0.2, 0.25) is 5.02 Å². The number of nitrogens with one attached hydrogen (secondary N) is 1. The average molecular weight is 271 g/mol. The van der Waals surface area contributed by atoms with Crippen molar-refractivity contribution in [2.75, 3.05) is 0 Å². The zero-order valence-electron chi connectivity index (χ0n) is 9.59. The molecule has 1 heterocycles. The van der Waals surface area contributed by atoms with E-state index in [9.17, 15) is 0 Å². The molecule has 1 aliphatic rings. The molecule has 2 rings (SSSR count). The molecule has 0 saturated carbocycles. The Bertz CT molecular complexity index is 651. The van der Waals surface area contributed by atoms with Crippen LogP contribution in [0.15, 0.2) is 18.2 Å². The maximum absolute atomic E-state index is 9.14. The van der Waals surface area contributed by atoms with Crippen LogP contribution in [0.5, 0.6) is 5.75 Å². The summed E-state index contributed by atoms with van der Waals surface area (Å²) in [4.78, 5) is 0. The number of halogens is 1. The van der Waals surface area contributed by atoms with Crippen molar-refractivity contribution in [3.8, 4) is 24.0 Å². The van der Waals surface area contributed by atoms with Crippen molar-refractivity contribution in [3.63, 3.8) is 0 Å². The van der Waals surface area contributed by atoms with Crippen LogP contribution in [0.4, 0.5) is 0 Å². The molecule has 1 aromatic rings. The van der Waals surface area contributed by atoms with E-state index >= 15 is 0 Å². The Morgan fingerprint density at radius 1 is 1.26 bits per heavy atom. The largest absolute Gasteiger partial charge is 0.442 e. The van der Waals surface area contributed by atoms with Gasteiger partial charge in [0.05, 0.1) is 18.2 Å². The van der Waals surface area contributed by atoms with Gasteiger partial charge in [-0.2, -0.15) is 15.8 Å². The molecule has 0 aliphatic carbocycles. The molecule has 0 bridgehead atoms. The van der Waals surface area contributed by atoms with Crippen molar-refractivity contribution in [1.29, 1.82) is 21.2 Å². The van der Waals surface area contributed by atoms with Crippen molar-refractivity contribution >= 4 is 17.5 Å². The minimum Gasteiger partial charge on any atom is -0.442 e. The van der Waals surface area contributed by atoms with E-state index in [1.54, 1.807) is 18.2 Å². The van der Waals surface area contributed by atoms with Gasteiger partial charge in [0.1, 0.15) is 17.6 Å². The van der Waals surface area contributed by atoms with Gasteiger partial charge in [-0.15, -0.1) is 0 Å². The Morgan fingerprint density at radius 2 is 1.95 bits per heavy atom. The van der Waals surface area contributed by atoms with Gasteiger partial charge in [-0.3, -0.25) is 5.41 Å². The highest BCUT2D eigenvalue weighted by atomic mass is 35.5. The van der Waals surface area contributed by atoms with Crippen LogP contribution in [0, 0.1) is 51.2 Å². The van der Waals surface area contributed by atoms with Crippen molar-refractivity contribution in [2.45, 2.75) is 5.92 Å². The minimum atomic E-state index is -1.04. The quantitative estimate of drug-likeness (QED) is 0.846. The van der Waals surface area contributed by atoms with E-state index in [0.29, 0.717) is 16.3 Å². The Kier molecular flexibility index (Phi) is 3.38. The normalized spacial score (nSPS) is 20.7. The second kappa shape index (κ2) is 4.98. The van der Waals surface area contributed by atoms with Gasteiger partial charge < -0.3 is 4.74 Å². The molecule has 0 fully saturated rings. The van der Waals surface area contributed by atoms with Crippen LogP contribution in [0.1, 0.15) is 11.5 Å². The molecular weight excluding hydrogens is 264 g/mol. The van der Waals surface area contributed by atoms with Gasteiger partial charge in [0.2, 0.25) is 5.90 Å². The molecule has 0 radical (unpaired) electrons. The summed E-state index contributed by atoms with van der Waals surface area (Å²) in [5.74, 6) is -2.62. The summed E-state index contributed by atoms with van der Waals surface area (Å²) in [5, 5.41) is 35.4. The van der Waals surface area contributed by atoms with E-state index in [1.807, 2.05) is 18.2 Å². The number of hydrogen-bond donors (Lipinski definition) is 1. The Morgan fingerprint density at radius 3 is 2.53 bits per heavy atom. The highest BCUT2D eigenvalue weighted by molar-refractivity contribution is 6.30. The first-order valence-electron chi connectivity index (χ1n) is 5.37. The van der Waals surface area contributed by atoms with E-state index in [4.69, 9.17) is 37.5 Å². The number of ether oxygens (including phenoxy) is 1. The summed E-state index contributed by atoms with van der Waals surface area (Å²) in [5.41, 5.74) is 0.517. The molecule has 1 aliphatic heterocycles. The predicted molar refractivity (Wildman–Crippen MR) is 66.4 cm³/mol. The topological polar surface area (TPSA) is 104 Å². The standard InChI is InChI=1S/C13H7ClN4O/c14-8-1-2-11-9(3-8)12(7(4-15)5-16)10(6-17)13(18)19-11/h1-3,7,10,12,18H. The molecule has 19 heavy (non-hydrogen) atoms. The highest BCUT2D eigenvalue weighted by Crippen LogP contribution is 2.42. The first-order chi connectivity index (χ1) is 9.12. The molecule has 1 N–H and O–H groups in total. The Labute approximate surface area is 114 Å². The molecule has 0 amide bonds. The second-order valence-electron chi connectivity index (χ2n) is 4.02. The van der Waals surface area contributed by atoms with Crippen molar-refractivity contribution < 1.29 is 4.74 Å². The lowest BCUT2D eigenvalue weighted by Crippen LogP contribution is -2.33. The number of hydrogen-bond acceptors (Lipinski definition) is 5. The van der Waals surface area contributed by atoms with Crippen molar-refractivity contribution in [1.82, 2.24) is 0 Å². The van der Waals surface area contributed by atoms with Crippen LogP contribution in [-0.2, 0) is 0 Å². The Hall–Kier alpha value is -2.55. The molecule has 0 spiro atoms. The fraction of sp³-hybridized carbons (Fsp3) is 0.231. The van der Waals surface area contributed by atoms with E-state index in [0.717, 1.165) is 0 Å². The smallest absolute Gasteiger partial charge is 0.205 e. The molecular formula is C13H7ClN4O. The Balaban J connectivity index is 2.64. The summed E-state index contributed by atoms with van der Waals surface area (Å²) in [6.07, 6.45) is 0. The lowest BCUT2D eigenvalue weighted by molar-refractivity contribution is 0.409. The van der Waals surface area contributed by atoms with Gasteiger partial charge in [0.15, 0.2) is 0 Å². The lowest BCUT2D eigenvalue weighted by Gasteiger charge is -2.30. The third-order valence-electron chi connectivity index (χ3n) is 2.97. The van der Waals surface area contributed by atoms with Gasteiger partial charge in [-0.05, 0) is 18.2 Å². The summed E-state index contributed by atoms with van der Waals surface area (Å²) in [6.45, 7) is 0. The SMILES string of the molecule is N#CC(C#N)C1c2cc(Cl)ccc2OC(=N)C1C#N. The summed E-state index contributed by atoms with van der Waals surface area (Å²) in [6, 6.07) is 10.4. The first-order valence-corrected chi connectivity index (χ1v) is 5.74. The number of fused-ring (bicyclic) bond motifs is 1. The lowest BCUT2D eigenvalue weighted by atomic mass is 9.76. The molecule has 5 nitrogen and oxygen atoms in total. The van der Waals surface area contributed by atoms with E-state index in [2.05, 4.69) is 0 Å². The van der Waals surface area contributed by atoms with E-state index < -0.39 is 17.8 Å². The predicted octanol–water partition coefficient (Wildman–Crippen LogP) is 2.60. The molecule has 2 unspecified atom stereocenters. The monoisotopic (exact) mass is 270 g/mol. The van der Waals surface area contributed by atoms with Crippen molar-refractivity contribution in [2.24, 2.45) is 11.8 Å². The molecule has 6 heteroatoms. The van der Waals surface area contributed by atoms with Gasteiger partial charge in [-0.1, -0.05) is 11.6 Å². The molecule has 0 aromatic heterocycles. The number of nitrogens with zero attached hydrogens (tertiary/aromatic N) is 3. The summed E-state index contributed by atoms with van der Waals surface area (Å²) in [7, 11) is 0. The van der Waals surface area contributed by atoms with E-state index in [1.165, 1.54) is 0 Å². The minimum absolute atomic E-state index is 0.252. The van der Waals surface area contributed by atoms with Crippen LogP contribution >= 0.6 is 11.6 Å². The third-order valence-corrected chi connectivity index (χ3v) is 3.20. The maximum Gasteiger partial charge on any atom is 0.205 e. The van der Waals surface area contributed by atoms with Gasteiger partial charge in [-0.25, -0.2) is 0 Å². The molecule has 2 atom stereocenters. The number of benzene rings is 1.